The number of anilines is 2. The second-order valence-electron chi connectivity index (χ2n) is 5.94. The van der Waals surface area contributed by atoms with Gasteiger partial charge in [-0.1, -0.05) is 29.3 Å². The molecule has 2 amide bonds. The van der Waals surface area contributed by atoms with Gasteiger partial charge < -0.3 is 10.2 Å². The minimum absolute atomic E-state index is 0.112. The summed E-state index contributed by atoms with van der Waals surface area (Å²) >= 11 is 12.0. The lowest BCUT2D eigenvalue weighted by atomic mass is 10.1. The molecule has 0 saturated carbocycles. The number of halogens is 2. The second kappa shape index (κ2) is 8.37. The smallest absolute Gasteiger partial charge is 0.226 e. The van der Waals surface area contributed by atoms with Crippen molar-refractivity contribution in [3.8, 4) is 0 Å². The third-order valence-electron chi connectivity index (χ3n) is 3.66. The predicted octanol–water partition coefficient (Wildman–Crippen LogP) is 4.99. The zero-order valence-corrected chi connectivity index (χ0v) is 15.9. The molecule has 25 heavy (non-hydrogen) atoms. The van der Waals surface area contributed by atoms with Crippen LogP contribution >= 0.6 is 23.2 Å². The number of hydrogen-bond donors (Lipinski definition) is 1. The van der Waals surface area contributed by atoms with E-state index in [9.17, 15) is 9.59 Å². The zero-order chi connectivity index (χ0) is 18.6. The highest BCUT2D eigenvalue weighted by atomic mass is 35.5. The van der Waals surface area contributed by atoms with Gasteiger partial charge in [0.25, 0.3) is 0 Å². The van der Waals surface area contributed by atoms with Crippen LogP contribution in [0.25, 0.3) is 0 Å². The molecular formula is C19H20Cl2N2O2. The molecule has 6 heteroatoms. The highest BCUT2D eigenvalue weighted by molar-refractivity contribution is 6.35. The van der Waals surface area contributed by atoms with Gasteiger partial charge in [-0.3, -0.25) is 9.59 Å². The third-order valence-corrected chi connectivity index (χ3v) is 4.23. The molecule has 0 heterocycles. The van der Waals surface area contributed by atoms with E-state index in [4.69, 9.17) is 23.2 Å². The Bertz CT molecular complexity index is 786. The van der Waals surface area contributed by atoms with Crippen LogP contribution in [0, 0.1) is 13.8 Å². The van der Waals surface area contributed by atoms with Gasteiger partial charge in [0, 0.05) is 30.6 Å². The average Bonchev–Trinajstić information content (AvgIpc) is 2.50. The van der Waals surface area contributed by atoms with Gasteiger partial charge in [-0.05, 0) is 55.3 Å². The fourth-order valence-electron chi connectivity index (χ4n) is 2.59. The molecule has 0 unspecified atom stereocenters. The Morgan fingerprint density at radius 1 is 1.04 bits per heavy atom. The van der Waals surface area contributed by atoms with E-state index in [1.54, 1.807) is 23.1 Å². The third kappa shape index (κ3) is 5.48. The van der Waals surface area contributed by atoms with Gasteiger partial charge in [-0.2, -0.15) is 0 Å². The molecule has 0 radical (unpaired) electrons. The van der Waals surface area contributed by atoms with Gasteiger partial charge in [-0.15, -0.1) is 0 Å². The van der Waals surface area contributed by atoms with Gasteiger partial charge in [0.1, 0.15) is 0 Å². The van der Waals surface area contributed by atoms with Crippen LogP contribution in [-0.2, 0) is 9.59 Å². The first-order valence-corrected chi connectivity index (χ1v) is 8.63. The molecule has 4 nitrogen and oxygen atoms in total. The molecule has 0 aromatic heterocycles. The lowest BCUT2D eigenvalue weighted by molar-refractivity contribution is -0.117. The van der Waals surface area contributed by atoms with Crippen molar-refractivity contribution in [1.29, 1.82) is 0 Å². The first-order chi connectivity index (χ1) is 11.8. The van der Waals surface area contributed by atoms with Gasteiger partial charge in [0.2, 0.25) is 11.8 Å². The molecule has 0 saturated heterocycles. The van der Waals surface area contributed by atoms with Crippen molar-refractivity contribution < 1.29 is 9.59 Å². The number of nitrogens with zero attached hydrogens (tertiary/aromatic N) is 1. The number of rotatable bonds is 5. The summed E-state index contributed by atoms with van der Waals surface area (Å²) in [6.45, 7) is 5.72. The number of aryl methyl sites for hydroxylation is 2. The van der Waals surface area contributed by atoms with Crippen LogP contribution in [0.15, 0.2) is 36.4 Å². The summed E-state index contributed by atoms with van der Waals surface area (Å²) in [5, 5.41) is 3.63. The molecule has 0 aliphatic carbocycles. The van der Waals surface area contributed by atoms with Crippen LogP contribution in [-0.4, -0.2) is 18.4 Å². The molecule has 1 N–H and O–H groups in total. The Labute approximate surface area is 157 Å². The molecule has 0 bridgehead atoms. The topological polar surface area (TPSA) is 49.4 Å². The first kappa shape index (κ1) is 19.3. The molecule has 0 aliphatic heterocycles. The monoisotopic (exact) mass is 378 g/mol. The van der Waals surface area contributed by atoms with Crippen molar-refractivity contribution >= 4 is 46.4 Å². The summed E-state index contributed by atoms with van der Waals surface area (Å²) in [5.41, 5.74) is 3.38. The summed E-state index contributed by atoms with van der Waals surface area (Å²) in [5.74, 6) is -0.349. The summed E-state index contributed by atoms with van der Waals surface area (Å²) in [4.78, 5) is 25.8. The van der Waals surface area contributed by atoms with Gasteiger partial charge in [0.15, 0.2) is 0 Å². The maximum absolute atomic E-state index is 12.2. The molecule has 2 aromatic rings. The zero-order valence-electron chi connectivity index (χ0n) is 14.4. The maximum Gasteiger partial charge on any atom is 0.226 e. The van der Waals surface area contributed by atoms with E-state index in [2.05, 4.69) is 5.32 Å². The lowest BCUT2D eigenvalue weighted by Crippen LogP contribution is -2.32. The second-order valence-corrected chi connectivity index (χ2v) is 6.78. The largest absolute Gasteiger partial charge is 0.325 e. The van der Waals surface area contributed by atoms with E-state index in [0.717, 1.165) is 16.8 Å². The molecular weight excluding hydrogens is 359 g/mol. The number of amides is 2. The lowest BCUT2D eigenvalue weighted by Gasteiger charge is -2.22. The Hall–Kier alpha value is -2.04. The first-order valence-electron chi connectivity index (χ1n) is 7.87. The molecule has 0 atom stereocenters. The number of carbonyl (C=O) groups excluding carboxylic acids is 2. The summed E-state index contributed by atoms with van der Waals surface area (Å²) in [6, 6.07) is 10.8. The van der Waals surface area contributed by atoms with Gasteiger partial charge in [-0.25, -0.2) is 0 Å². The normalized spacial score (nSPS) is 10.4. The number of carbonyl (C=O) groups is 2. The van der Waals surface area contributed by atoms with E-state index >= 15 is 0 Å². The maximum atomic E-state index is 12.2. The minimum Gasteiger partial charge on any atom is -0.325 e. The number of nitrogens with one attached hydrogen (secondary N) is 1. The van der Waals surface area contributed by atoms with E-state index in [-0.39, 0.29) is 24.8 Å². The highest BCUT2D eigenvalue weighted by Crippen LogP contribution is 2.25. The van der Waals surface area contributed by atoms with Crippen LogP contribution in [0.4, 0.5) is 11.4 Å². The molecule has 0 aliphatic rings. The van der Waals surface area contributed by atoms with Crippen molar-refractivity contribution in [3.63, 3.8) is 0 Å². The van der Waals surface area contributed by atoms with Crippen molar-refractivity contribution in [2.24, 2.45) is 0 Å². The van der Waals surface area contributed by atoms with Crippen LogP contribution < -0.4 is 10.2 Å². The summed E-state index contributed by atoms with van der Waals surface area (Å²) < 4.78 is 0. The Morgan fingerprint density at radius 2 is 1.68 bits per heavy atom. The van der Waals surface area contributed by atoms with Crippen molar-refractivity contribution in [1.82, 2.24) is 0 Å². The summed E-state index contributed by atoms with van der Waals surface area (Å²) in [7, 11) is 0. The molecule has 132 valence electrons. The Morgan fingerprint density at radius 3 is 2.28 bits per heavy atom. The molecule has 0 fully saturated rings. The molecule has 0 spiro atoms. The molecule has 2 rings (SSSR count). The highest BCUT2D eigenvalue weighted by Gasteiger charge is 2.15. The van der Waals surface area contributed by atoms with Crippen LogP contribution in [0.5, 0.6) is 0 Å². The van der Waals surface area contributed by atoms with Gasteiger partial charge >= 0.3 is 0 Å². The standard InChI is InChI=1S/C19H20Cl2N2O2/c1-12-8-13(2)10-16(9-12)23(14(3)24)7-6-19(25)22-18-11-15(20)4-5-17(18)21/h4-5,8-11H,6-7H2,1-3H3,(H,22,25). The minimum atomic E-state index is -0.236. The van der Waals surface area contributed by atoms with E-state index in [1.165, 1.54) is 6.92 Å². The fourth-order valence-corrected chi connectivity index (χ4v) is 2.93. The van der Waals surface area contributed by atoms with E-state index in [1.807, 2.05) is 32.0 Å². The van der Waals surface area contributed by atoms with Gasteiger partial charge in [0.05, 0.1) is 10.7 Å². The number of benzene rings is 2. The Balaban J connectivity index is 2.07. The predicted molar refractivity (Wildman–Crippen MR) is 104 cm³/mol. The fraction of sp³-hybridized carbons (Fsp3) is 0.263. The SMILES string of the molecule is CC(=O)N(CCC(=O)Nc1cc(Cl)ccc1Cl)c1cc(C)cc(C)c1. The summed E-state index contributed by atoms with van der Waals surface area (Å²) in [6.07, 6.45) is 0.148. The van der Waals surface area contributed by atoms with Crippen LogP contribution in [0.2, 0.25) is 10.0 Å². The van der Waals surface area contributed by atoms with Crippen molar-refractivity contribution in [2.45, 2.75) is 27.2 Å². The van der Waals surface area contributed by atoms with E-state index < -0.39 is 0 Å². The van der Waals surface area contributed by atoms with Crippen molar-refractivity contribution in [3.05, 3.63) is 57.6 Å². The van der Waals surface area contributed by atoms with Crippen molar-refractivity contribution in [2.75, 3.05) is 16.8 Å². The van der Waals surface area contributed by atoms with Crippen LogP contribution in [0.1, 0.15) is 24.5 Å². The average molecular weight is 379 g/mol. The van der Waals surface area contributed by atoms with Crippen LogP contribution in [0.3, 0.4) is 0 Å². The van der Waals surface area contributed by atoms with E-state index in [0.29, 0.717) is 15.7 Å². The Kier molecular flexibility index (Phi) is 6.45. The quantitative estimate of drug-likeness (QED) is 0.796. The molecule has 2 aromatic carbocycles. The number of hydrogen-bond acceptors (Lipinski definition) is 2.